The number of carbonyl (C=O) groups excluding carboxylic acids is 1. The lowest BCUT2D eigenvalue weighted by Crippen LogP contribution is -2.30. The molecule has 4 heteroatoms. The van der Waals surface area contributed by atoms with E-state index >= 15 is 0 Å². The highest BCUT2D eigenvalue weighted by molar-refractivity contribution is 5.77. The molecule has 0 bridgehead atoms. The maximum atomic E-state index is 11.8. The van der Waals surface area contributed by atoms with Crippen LogP contribution in [0.5, 0.6) is 5.75 Å². The Bertz CT molecular complexity index is 446. The van der Waals surface area contributed by atoms with Gasteiger partial charge in [-0.1, -0.05) is 32.0 Å². The van der Waals surface area contributed by atoms with Crippen LogP contribution >= 0.6 is 0 Å². The van der Waals surface area contributed by atoms with Gasteiger partial charge < -0.3 is 14.8 Å². The molecule has 22 heavy (non-hydrogen) atoms. The molecule has 0 fully saturated rings. The quantitative estimate of drug-likeness (QED) is 0.673. The minimum atomic E-state index is -0.0940. The van der Waals surface area contributed by atoms with E-state index in [0.717, 1.165) is 24.2 Å². The third-order valence-corrected chi connectivity index (χ3v) is 3.52. The van der Waals surface area contributed by atoms with Crippen LogP contribution in [0.1, 0.15) is 52.0 Å². The molecule has 0 aromatic heterocycles. The molecule has 0 heterocycles. The standard InChI is InChI=1S/C18H29NO3/c1-5-15(4)16-9-6-7-10-17(16)22-13-18(20)19-11-8-12-21-14(2)3/h6-7,9-10,14-15H,5,8,11-13H2,1-4H3,(H,19,20). The van der Waals surface area contributed by atoms with E-state index < -0.39 is 0 Å². The van der Waals surface area contributed by atoms with Crippen molar-refractivity contribution in [2.24, 2.45) is 0 Å². The molecule has 1 aromatic rings. The van der Waals surface area contributed by atoms with Crippen molar-refractivity contribution in [2.75, 3.05) is 19.8 Å². The van der Waals surface area contributed by atoms with Crippen molar-refractivity contribution in [2.45, 2.75) is 52.6 Å². The van der Waals surface area contributed by atoms with E-state index in [0.29, 0.717) is 19.1 Å². The van der Waals surface area contributed by atoms with Crippen LogP contribution in [-0.2, 0) is 9.53 Å². The first-order valence-electron chi connectivity index (χ1n) is 8.14. The van der Waals surface area contributed by atoms with Crippen LogP contribution in [0.2, 0.25) is 0 Å². The fourth-order valence-electron chi connectivity index (χ4n) is 2.05. The average Bonchev–Trinajstić information content (AvgIpc) is 2.51. The molecule has 0 aliphatic heterocycles. The number of hydrogen-bond donors (Lipinski definition) is 1. The van der Waals surface area contributed by atoms with Crippen LogP contribution in [0.15, 0.2) is 24.3 Å². The van der Waals surface area contributed by atoms with Crippen LogP contribution in [0.4, 0.5) is 0 Å². The van der Waals surface area contributed by atoms with Gasteiger partial charge in [0.05, 0.1) is 6.10 Å². The second kappa shape index (κ2) is 10.2. The van der Waals surface area contributed by atoms with Gasteiger partial charge in [0.15, 0.2) is 6.61 Å². The molecule has 0 saturated carbocycles. The number of ether oxygens (including phenoxy) is 2. The zero-order valence-electron chi connectivity index (χ0n) is 14.2. The third kappa shape index (κ3) is 6.94. The summed E-state index contributed by atoms with van der Waals surface area (Å²) in [6, 6.07) is 7.92. The number of hydrogen-bond acceptors (Lipinski definition) is 3. The van der Waals surface area contributed by atoms with Gasteiger partial charge in [-0.25, -0.2) is 0 Å². The van der Waals surface area contributed by atoms with E-state index in [2.05, 4.69) is 25.2 Å². The second-order valence-corrected chi connectivity index (χ2v) is 5.76. The molecular formula is C18H29NO3. The first-order chi connectivity index (χ1) is 10.5. The summed E-state index contributed by atoms with van der Waals surface area (Å²) in [6.45, 7) is 9.64. The van der Waals surface area contributed by atoms with Crippen molar-refractivity contribution in [1.29, 1.82) is 0 Å². The van der Waals surface area contributed by atoms with Crippen LogP contribution < -0.4 is 10.1 Å². The predicted octanol–water partition coefficient (Wildman–Crippen LogP) is 3.51. The molecule has 0 saturated heterocycles. The molecule has 4 nitrogen and oxygen atoms in total. The van der Waals surface area contributed by atoms with Gasteiger partial charge in [0.2, 0.25) is 0 Å². The SMILES string of the molecule is CCC(C)c1ccccc1OCC(=O)NCCCOC(C)C. The van der Waals surface area contributed by atoms with Crippen molar-refractivity contribution in [3.63, 3.8) is 0 Å². The number of amides is 1. The normalized spacial score (nSPS) is 12.2. The Morgan fingerprint density at radius 3 is 2.64 bits per heavy atom. The molecule has 1 rings (SSSR count). The Hall–Kier alpha value is -1.55. The highest BCUT2D eigenvalue weighted by Crippen LogP contribution is 2.28. The Labute approximate surface area is 134 Å². The summed E-state index contributed by atoms with van der Waals surface area (Å²) < 4.78 is 11.1. The molecular weight excluding hydrogens is 278 g/mol. The highest BCUT2D eigenvalue weighted by Gasteiger charge is 2.10. The van der Waals surface area contributed by atoms with E-state index in [1.165, 1.54) is 0 Å². The summed E-state index contributed by atoms with van der Waals surface area (Å²) in [5.74, 6) is 1.13. The molecule has 0 spiro atoms. The zero-order valence-corrected chi connectivity index (χ0v) is 14.2. The Balaban J connectivity index is 2.32. The van der Waals surface area contributed by atoms with Crippen LogP contribution in [0, 0.1) is 0 Å². The maximum Gasteiger partial charge on any atom is 0.257 e. The van der Waals surface area contributed by atoms with Gasteiger partial charge in [0.1, 0.15) is 5.75 Å². The van der Waals surface area contributed by atoms with Gasteiger partial charge in [0, 0.05) is 13.2 Å². The molecule has 0 radical (unpaired) electrons. The number of para-hydroxylation sites is 1. The number of carbonyl (C=O) groups is 1. The van der Waals surface area contributed by atoms with Crippen molar-refractivity contribution in [3.8, 4) is 5.75 Å². The van der Waals surface area contributed by atoms with E-state index in [1.54, 1.807) is 0 Å². The fourth-order valence-corrected chi connectivity index (χ4v) is 2.05. The summed E-state index contributed by atoms with van der Waals surface area (Å²) in [5.41, 5.74) is 1.16. The Kier molecular flexibility index (Phi) is 8.60. The third-order valence-electron chi connectivity index (χ3n) is 3.52. The number of benzene rings is 1. The van der Waals surface area contributed by atoms with Crippen molar-refractivity contribution in [3.05, 3.63) is 29.8 Å². The lowest BCUT2D eigenvalue weighted by Gasteiger charge is -2.15. The number of rotatable bonds is 10. The van der Waals surface area contributed by atoms with Crippen molar-refractivity contribution >= 4 is 5.91 Å². The van der Waals surface area contributed by atoms with Gasteiger partial charge >= 0.3 is 0 Å². The van der Waals surface area contributed by atoms with Gasteiger partial charge in [0.25, 0.3) is 5.91 Å². The summed E-state index contributed by atoms with van der Waals surface area (Å²) in [5, 5.41) is 2.85. The summed E-state index contributed by atoms with van der Waals surface area (Å²) >= 11 is 0. The molecule has 1 amide bonds. The topological polar surface area (TPSA) is 47.6 Å². The van der Waals surface area contributed by atoms with E-state index in [-0.39, 0.29) is 18.6 Å². The van der Waals surface area contributed by atoms with Crippen LogP contribution in [-0.4, -0.2) is 31.8 Å². The van der Waals surface area contributed by atoms with E-state index in [1.807, 2.05) is 32.0 Å². The van der Waals surface area contributed by atoms with Crippen molar-refractivity contribution in [1.82, 2.24) is 5.32 Å². The largest absolute Gasteiger partial charge is 0.483 e. The summed E-state index contributed by atoms with van der Waals surface area (Å²) in [4.78, 5) is 11.8. The maximum absolute atomic E-state index is 11.8. The second-order valence-electron chi connectivity index (χ2n) is 5.76. The van der Waals surface area contributed by atoms with Crippen molar-refractivity contribution < 1.29 is 14.3 Å². The first-order valence-corrected chi connectivity index (χ1v) is 8.14. The van der Waals surface area contributed by atoms with Gasteiger partial charge in [-0.05, 0) is 44.2 Å². The molecule has 1 aromatic carbocycles. The molecule has 0 aliphatic carbocycles. The Morgan fingerprint density at radius 2 is 1.95 bits per heavy atom. The van der Waals surface area contributed by atoms with Gasteiger partial charge in [-0.2, -0.15) is 0 Å². The summed E-state index contributed by atoms with van der Waals surface area (Å²) in [6.07, 6.45) is 2.09. The lowest BCUT2D eigenvalue weighted by molar-refractivity contribution is -0.123. The predicted molar refractivity (Wildman–Crippen MR) is 89.4 cm³/mol. The monoisotopic (exact) mass is 307 g/mol. The van der Waals surface area contributed by atoms with Crippen LogP contribution in [0.25, 0.3) is 0 Å². The lowest BCUT2D eigenvalue weighted by atomic mass is 9.98. The number of nitrogens with one attached hydrogen (secondary N) is 1. The molecule has 1 N–H and O–H groups in total. The highest BCUT2D eigenvalue weighted by atomic mass is 16.5. The van der Waals surface area contributed by atoms with Gasteiger partial charge in [-0.15, -0.1) is 0 Å². The zero-order chi connectivity index (χ0) is 16.4. The van der Waals surface area contributed by atoms with E-state index in [9.17, 15) is 4.79 Å². The first kappa shape index (κ1) is 18.5. The van der Waals surface area contributed by atoms with Crippen LogP contribution in [0.3, 0.4) is 0 Å². The van der Waals surface area contributed by atoms with E-state index in [4.69, 9.17) is 9.47 Å². The molecule has 1 atom stereocenters. The Morgan fingerprint density at radius 1 is 1.23 bits per heavy atom. The fraction of sp³-hybridized carbons (Fsp3) is 0.611. The smallest absolute Gasteiger partial charge is 0.257 e. The minimum Gasteiger partial charge on any atom is -0.483 e. The average molecular weight is 307 g/mol. The molecule has 0 aliphatic rings. The summed E-state index contributed by atoms with van der Waals surface area (Å²) in [7, 11) is 0. The molecule has 124 valence electrons. The minimum absolute atomic E-state index is 0.0541. The van der Waals surface area contributed by atoms with Gasteiger partial charge in [-0.3, -0.25) is 4.79 Å². The molecule has 1 unspecified atom stereocenters.